The molecule has 0 heterocycles. The zero-order valence-electron chi connectivity index (χ0n) is 16.2. The van der Waals surface area contributed by atoms with Gasteiger partial charge < -0.3 is 15.1 Å². The van der Waals surface area contributed by atoms with Crippen LogP contribution in [0.25, 0.3) is 0 Å². The number of amides is 2. The van der Waals surface area contributed by atoms with E-state index in [0.29, 0.717) is 19.6 Å². The van der Waals surface area contributed by atoms with E-state index in [2.05, 4.69) is 5.32 Å². The normalized spacial score (nSPS) is 11.7. The lowest BCUT2D eigenvalue weighted by molar-refractivity contribution is -0.862. The summed E-state index contributed by atoms with van der Waals surface area (Å²) in [5, 5.41) is 2.99. The van der Waals surface area contributed by atoms with E-state index >= 15 is 0 Å². The van der Waals surface area contributed by atoms with Crippen LogP contribution >= 0.6 is 11.8 Å². The molecule has 0 aliphatic carbocycles. The Balaban J connectivity index is 1.95. The van der Waals surface area contributed by atoms with E-state index < -0.39 is 0 Å². The number of quaternary nitrogens is 1. The van der Waals surface area contributed by atoms with Gasteiger partial charge in [0.2, 0.25) is 0 Å². The van der Waals surface area contributed by atoms with Crippen molar-refractivity contribution in [2.45, 2.75) is 23.6 Å². The van der Waals surface area contributed by atoms with Crippen molar-refractivity contribution in [3.8, 4) is 0 Å². The van der Waals surface area contributed by atoms with Crippen molar-refractivity contribution in [2.75, 3.05) is 38.5 Å². The molecule has 0 radical (unpaired) electrons. The summed E-state index contributed by atoms with van der Waals surface area (Å²) < 4.78 is 0. The Kier molecular flexibility index (Phi) is 8.36. The molecule has 1 atom stereocenters. The molecule has 0 saturated heterocycles. The van der Waals surface area contributed by atoms with Crippen LogP contribution in [0.1, 0.15) is 13.8 Å². The Bertz CT molecular complexity index is 748. The zero-order valence-corrected chi connectivity index (χ0v) is 17.0. The highest BCUT2D eigenvalue weighted by Crippen LogP contribution is 2.32. The summed E-state index contributed by atoms with van der Waals surface area (Å²) in [7, 11) is 1.87. The first kappa shape index (κ1) is 21.0. The lowest BCUT2D eigenvalue weighted by Gasteiger charge is -2.21. The number of hydrogen-bond acceptors (Lipinski definition) is 3. The number of carbonyl (C=O) groups excluding carboxylic acids is 2. The van der Waals surface area contributed by atoms with Crippen LogP contribution in [0.5, 0.6) is 0 Å². The molecular weight excluding hydrogens is 358 g/mol. The largest absolute Gasteiger partial charge is 0.338 e. The number of rotatable bonds is 9. The van der Waals surface area contributed by atoms with Gasteiger partial charge in [0, 0.05) is 22.9 Å². The van der Waals surface area contributed by atoms with Gasteiger partial charge in [-0.05, 0) is 38.1 Å². The molecule has 0 bridgehead atoms. The van der Waals surface area contributed by atoms with Crippen LogP contribution in [0.4, 0.5) is 5.69 Å². The molecule has 2 aromatic rings. The minimum atomic E-state index is -0.0963. The SMILES string of the molecule is CCN(CC)C(=O)C[NH+](C)CC(=O)Nc1ccccc1Sc1ccccc1. The molecule has 0 aromatic heterocycles. The van der Waals surface area contributed by atoms with E-state index in [4.69, 9.17) is 0 Å². The maximum atomic E-state index is 12.5. The van der Waals surface area contributed by atoms with Crippen LogP contribution in [0.15, 0.2) is 64.4 Å². The second-order valence-corrected chi connectivity index (χ2v) is 7.45. The third-order valence-corrected chi connectivity index (χ3v) is 5.25. The highest BCUT2D eigenvalue weighted by Gasteiger charge is 2.18. The third-order valence-electron chi connectivity index (χ3n) is 4.16. The van der Waals surface area contributed by atoms with Crippen molar-refractivity contribution < 1.29 is 14.5 Å². The van der Waals surface area contributed by atoms with Crippen LogP contribution in [0.2, 0.25) is 0 Å². The summed E-state index contributed by atoms with van der Waals surface area (Å²) in [4.78, 5) is 29.4. The molecule has 0 fully saturated rings. The molecule has 27 heavy (non-hydrogen) atoms. The topological polar surface area (TPSA) is 53.9 Å². The van der Waals surface area contributed by atoms with Crippen LogP contribution < -0.4 is 10.2 Å². The van der Waals surface area contributed by atoms with Gasteiger partial charge in [0.1, 0.15) is 0 Å². The molecule has 0 aliphatic rings. The number of nitrogens with zero attached hydrogens (tertiary/aromatic N) is 1. The van der Waals surface area contributed by atoms with Gasteiger partial charge in [-0.3, -0.25) is 9.59 Å². The standard InChI is InChI=1S/C21H27N3O2S/c1-4-24(5-2)21(26)16-23(3)15-20(25)22-18-13-9-10-14-19(18)27-17-11-7-6-8-12-17/h6-14H,4-5,15-16H2,1-3H3,(H,22,25)/p+1. The average Bonchev–Trinajstić information content (AvgIpc) is 2.65. The second-order valence-electron chi connectivity index (χ2n) is 6.34. The van der Waals surface area contributed by atoms with E-state index in [1.807, 2.05) is 75.5 Å². The number of anilines is 1. The zero-order chi connectivity index (χ0) is 19.6. The Hall–Kier alpha value is -2.31. The molecule has 5 nitrogen and oxygen atoms in total. The predicted octanol–water partition coefficient (Wildman–Crippen LogP) is 2.16. The van der Waals surface area contributed by atoms with Gasteiger partial charge in [0.05, 0.1) is 12.7 Å². The van der Waals surface area contributed by atoms with E-state index in [-0.39, 0.29) is 18.4 Å². The van der Waals surface area contributed by atoms with Crippen molar-refractivity contribution in [1.82, 2.24) is 4.90 Å². The molecular formula is C21H28N3O2S+. The lowest BCUT2D eigenvalue weighted by Crippen LogP contribution is -3.11. The summed E-state index contributed by atoms with van der Waals surface area (Å²) in [5.74, 6) is -0.0220. The van der Waals surface area contributed by atoms with Crippen molar-refractivity contribution in [3.05, 3.63) is 54.6 Å². The Labute approximate surface area is 165 Å². The monoisotopic (exact) mass is 386 g/mol. The van der Waals surface area contributed by atoms with Gasteiger partial charge >= 0.3 is 0 Å². The summed E-state index contributed by atoms with van der Waals surface area (Å²) in [6.45, 7) is 5.88. The molecule has 144 valence electrons. The van der Waals surface area contributed by atoms with E-state index in [1.165, 1.54) is 0 Å². The van der Waals surface area contributed by atoms with Gasteiger partial charge in [-0.1, -0.05) is 42.1 Å². The summed E-state index contributed by atoms with van der Waals surface area (Å²) in [6.07, 6.45) is 0. The first-order chi connectivity index (χ1) is 13.0. The van der Waals surface area contributed by atoms with Crippen LogP contribution in [-0.2, 0) is 9.59 Å². The van der Waals surface area contributed by atoms with Crippen molar-refractivity contribution >= 4 is 29.3 Å². The molecule has 0 saturated carbocycles. The molecule has 0 spiro atoms. The van der Waals surface area contributed by atoms with Gasteiger partial charge in [-0.15, -0.1) is 0 Å². The Morgan fingerprint density at radius 2 is 1.59 bits per heavy atom. The number of nitrogens with one attached hydrogen (secondary N) is 2. The Morgan fingerprint density at radius 3 is 2.26 bits per heavy atom. The second kappa shape index (κ2) is 10.7. The van der Waals surface area contributed by atoms with Gasteiger partial charge in [-0.2, -0.15) is 0 Å². The van der Waals surface area contributed by atoms with Crippen molar-refractivity contribution in [2.24, 2.45) is 0 Å². The smallest absolute Gasteiger partial charge is 0.279 e. The molecule has 0 aliphatic heterocycles. The van der Waals surface area contributed by atoms with E-state index in [9.17, 15) is 9.59 Å². The predicted molar refractivity (Wildman–Crippen MR) is 110 cm³/mol. The summed E-state index contributed by atoms with van der Waals surface area (Å²) in [6, 6.07) is 17.8. The first-order valence-electron chi connectivity index (χ1n) is 9.24. The third kappa shape index (κ3) is 6.73. The minimum Gasteiger partial charge on any atom is -0.338 e. The molecule has 2 N–H and O–H groups in total. The van der Waals surface area contributed by atoms with Gasteiger partial charge in [-0.25, -0.2) is 0 Å². The highest BCUT2D eigenvalue weighted by molar-refractivity contribution is 7.99. The number of carbonyl (C=O) groups is 2. The maximum Gasteiger partial charge on any atom is 0.279 e. The number of likely N-dealkylation sites (N-methyl/N-ethyl adjacent to an activating group) is 2. The van der Waals surface area contributed by atoms with Crippen LogP contribution in [0.3, 0.4) is 0 Å². The van der Waals surface area contributed by atoms with E-state index in [0.717, 1.165) is 20.4 Å². The molecule has 2 rings (SSSR count). The molecule has 2 amide bonds. The number of para-hydroxylation sites is 1. The Morgan fingerprint density at radius 1 is 0.963 bits per heavy atom. The van der Waals surface area contributed by atoms with Crippen LogP contribution in [0, 0.1) is 0 Å². The molecule has 6 heteroatoms. The average molecular weight is 387 g/mol. The number of benzene rings is 2. The quantitative estimate of drug-likeness (QED) is 0.694. The maximum absolute atomic E-state index is 12.5. The lowest BCUT2D eigenvalue weighted by atomic mass is 10.3. The van der Waals surface area contributed by atoms with Crippen molar-refractivity contribution in [3.63, 3.8) is 0 Å². The number of hydrogen-bond donors (Lipinski definition) is 2. The van der Waals surface area contributed by atoms with Crippen LogP contribution in [-0.4, -0.2) is 49.9 Å². The fourth-order valence-electron chi connectivity index (χ4n) is 2.75. The molecule has 1 unspecified atom stereocenters. The van der Waals surface area contributed by atoms with Gasteiger partial charge in [0.25, 0.3) is 11.8 Å². The molecule has 2 aromatic carbocycles. The fraction of sp³-hybridized carbons (Fsp3) is 0.333. The van der Waals surface area contributed by atoms with Crippen molar-refractivity contribution in [1.29, 1.82) is 0 Å². The summed E-state index contributed by atoms with van der Waals surface area (Å²) in [5.41, 5.74) is 0.791. The fourth-order valence-corrected chi connectivity index (χ4v) is 3.67. The highest BCUT2D eigenvalue weighted by atomic mass is 32.2. The van der Waals surface area contributed by atoms with Gasteiger partial charge in [0.15, 0.2) is 13.1 Å². The first-order valence-corrected chi connectivity index (χ1v) is 10.1. The minimum absolute atomic E-state index is 0.0744. The summed E-state index contributed by atoms with van der Waals surface area (Å²) >= 11 is 1.61. The van der Waals surface area contributed by atoms with E-state index in [1.54, 1.807) is 16.7 Å².